The molecule has 2 aromatic carbocycles. The number of benzene rings is 2. The minimum Gasteiger partial charge on any atom is -0.475 e. The molecule has 160 valence electrons. The van der Waals surface area contributed by atoms with E-state index in [4.69, 9.17) is 34.5 Å². The fourth-order valence-corrected chi connectivity index (χ4v) is 2.11. The number of methoxy groups -OCH3 is 2. The first-order valence-electron chi connectivity index (χ1n) is 8.43. The summed E-state index contributed by atoms with van der Waals surface area (Å²) in [6.07, 6.45) is 0. The zero-order valence-corrected chi connectivity index (χ0v) is 17.9. The van der Waals surface area contributed by atoms with Crippen molar-refractivity contribution in [1.29, 1.82) is 10.8 Å². The maximum Gasteiger partial charge on any atom is 0.213 e. The summed E-state index contributed by atoms with van der Waals surface area (Å²) in [4.78, 5) is 0. The zero-order valence-electron chi connectivity index (χ0n) is 16.3. The van der Waals surface area contributed by atoms with Crippen LogP contribution in [0.2, 0.25) is 0 Å². The van der Waals surface area contributed by atoms with Crippen LogP contribution in [0.3, 0.4) is 0 Å². The van der Waals surface area contributed by atoms with Gasteiger partial charge >= 0.3 is 0 Å². The van der Waals surface area contributed by atoms with Crippen LogP contribution in [0.25, 0.3) is 0 Å². The molecule has 29 heavy (non-hydrogen) atoms. The molecule has 0 aliphatic rings. The van der Waals surface area contributed by atoms with Crippen molar-refractivity contribution >= 4 is 36.6 Å². The highest BCUT2D eigenvalue weighted by molar-refractivity contribution is 5.92. The Bertz CT molecular complexity index is 676. The molecule has 0 aliphatic heterocycles. The van der Waals surface area contributed by atoms with Crippen LogP contribution in [0.1, 0.15) is 11.1 Å². The Balaban J connectivity index is 0.00000392. The van der Waals surface area contributed by atoms with E-state index in [0.717, 1.165) is 0 Å². The van der Waals surface area contributed by atoms with Gasteiger partial charge in [-0.3, -0.25) is 10.8 Å². The van der Waals surface area contributed by atoms with Crippen molar-refractivity contribution in [3.05, 3.63) is 59.7 Å². The molecule has 2 aromatic rings. The first kappa shape index (κ1) is 26.7. The molecular weight excluding hydrogens is 419 g/mol. The van der Waals surface area contributed by atoms with Crippen molar-refractivity contribution in [3.63, 3.8) is 0 Å². The predicted octanol–water partition coefficient (Wildman–Crippen LogP) is 4.30. The minimum atomic E-state index is 0. The SMILES string of the molecule is COCCOC(=N)c1ccc(Oc2ccc(C(=N)OCCOC)cc2)cc1.Cl.Cl. The summed E-state index contributed by atoms with van der Waals surface area (Å²) in [6.45, 7) is 1.55. The summed E-state index contributed by atoms with van der Waals surface area (Å²) in [6, 6.07) is 14.1. The van der Waals surface area contributed by atoms with E-state index in [9.17, 15) is 0 Å². The lowest BCUT2D eigenvalue weighted by molar-refractivity contribution is 0.141. The molecular formula is C20H26Cl2N2O5. The second-order valence-corrected chi connectivity index (χ2v) is 5.49. The van der Waals surface area contributed by atoms with Gasteiger partial charge in [0.05, 0.1) is 13.2 Å². The molecule has 0 heterocycles. The highest BCUT2D eigenvalue weighted by Gasteiger charge is 2.06. The van der Waals surface area contributed by atoms with Crippen LogP contribution in [0.15, 0.2) is 48.5 Å². The van der Waals surface area contributed by atoms with Gasteiger partial charge in [0, 0.05) is 25.3 Å². The molecule has 0 amide bonds. The average molecular weight is 445 g/mol. The summed E-state index contributed by atoms with van der Waals surface area (Å²) < 4.78 is 26.1. The average Bonchev–Trinajstić information content (AvgIpc) is 2.69. The van der Waals surface area contributed by atoms with Gasteiger partial charge in [-0.1, -0.05) is 0 Å². The molecule has 0 saturated carbocycles. The van der Waals surface area contributed by atoms with Gasteiger partial charge in [0.25, 0.3) is 0 Å². The van der Waals surface area contributed by atoms with Crippen molar-refractivity contribution in [3.8, 4) is 11.5 Å². The molecule has 0 aromatic heterocycles. The van der Waals surface area contributed by atoms with Gasteiger partial charge in [0.2, 0.25) is 11.8 Å². The largest absolute Gasteiger partial charge is 0.475 e. The van der Waals surface area contributed by atoms with E-state index < -0.39 is 0 Å². The van der Waals surface area contributed by atoms with E-state index in [1.807, 2.05) is 0 Å². The van der Waals surface area contributed by atoms with Crippen molar-refractivity contribution in [1.82, 2.24) is 0 Å². The lowest BCUT2D eigenvalue weighted by Crippen LogP contribution is -2.10. The van der Waals surface area contributed by atoms with Gasteiger partial charge in [-0.25, -0.2) is 0 Å². The number of rotatable bonds is 10. The Labute approximate surface area is 183 Å². The van der Waals surface area contributed by atoms with E-state index >= 15 is 0 Å². The summed E-state index contributed by atoms with van der Waals surface area (Å²) in [5, 5.41) is 15.7. The molecule has 9 heteroatoms. The Morgan fingerprint density at radius 1 is 0.621 bits per heavy atom. The maximum absolute atomic E-state index is 7.87. The molecule has 0 radical (unpaired) electrons. The Morgan fingerprint density at radius 2 is 0.966 bits per heavy atom. The summed E-state index contributed by atoms with van der Waals surface area (Å²) in [5.41, 5.74) is 1.32. The third-order valence-electron chi connectivity index (χ3n) is 3.54. The Hall–Kier alpha value is -2.32. The standard InChI is InChI=1S/C20H24N2O5.2ClH/c1-23-11-13-25-19(21)15-3-7-17(8-4-15)27-18-9-5-16(6-10-18)20(22)26-14-12-24-2;;/h3-10,21-22H,11-14H2,1-2H3;2*1H. The molecule has 0 fully saturated rings. The molecule has 0 spiro atoms. The quantitative estimate of drug-likeness (QED) is 0.323. The molecule has 7 nitrogen and oxygen atoms in total. The van der Waals surface area contributed by atoms with Crippen LogP contribution < -0.4 is 4.74 Å². The smallest absolute Gasteiger partial charge is 0.213 e. The van der Waals surface area contributed by atoms with Gasteiger partial charge in [0.15, 0.2) is 0 Å². The van der Waals surface area contributed by atoms with Gasteiger partial charge in [-0.15, -0.1) is 24.8 Å². The van der Waals surface area contributed by atoms with E-state index in [0.29, 0.717) is 49.1 Å². The molecule has 0 saturated heterocycles. The van der Waals surface area contributed by atoms with Crippen LogP contribution in [0, 0.1) is 10.8 Å². The third-order valence-corrected chi connectivity index (χ3v) is 3.54. The summed E-state index contributed by atoms with van der Waals surface area (Å²) in [5.74, 6) is 1.47. The van der Waals surface area contributed by atoms with Crippen molar-refractivity contribution in [2.24, 2.45) is 0 Å². The first-order chi connectivity index (χ1) is 13.1. The van der Waals surface area contributed by atoms with Crippen molar-refractivity contribution < 1.29 is 23.7 Å². The fraction of sp³-hybridized carbons (Fsp3) is 0.300. The topological polar surface area (TPSA) is 93.9 Å². The number of hydrogen-bond acceptors (Lipinski definition) is 7. The van der Waals surface area contributed by atoms with Gasteiger partial charge < -0.3 is 23.7 Å². The van der Waals surface area contributed by atoms with Gasteiger partial charge in [0.1, 0.15) is 24.7 Å². The first-order valence-corrected chi connectivity index (χ1v) is 8.43. The van der Waals surface area contributed by atoms with Gasteiger partial charge in [-0.2, -0.15) is 0 Å². The summed E-state index contributed by atoms with van der Waals surface area (Å²) >= 11 is 0. The summed E-state index contributed by atoms with van der Waals surface area (Å²) in [7, 11) is 3.17. The lowest BCUT2D eigenvalue weighted by atomic mass is 10.2. The second kappa shape index (κ2) is 14.6. The van der Waals surface area contributed by atoms with E-state index in [1.54, 1.807) is 62.8 Å². The molecule has 0 atom stereocenters. The van der Waals surface area contributed by atoms with E-state index in [-0.39, 0.29) is 36.6 Å². The molecule has 0 aliphatic carbocycles. The highest BCUT2D eigenvalue weighted by Crippen LogP contribution is 2.22. The predicted molar refractivity (Wildman–Crippen MR) is 117 cm³/mol. The zero-order chi connectivity index (χ0) is 19.5. The van der Waals surface area contributed by atoms with Gasteiger partial charge in [-0.05, 0) is 48.5 Å². The molecule has 0 unspecified atom stereocenters. The third kappa shape index (κ3) is 9.15. The minimum absolute atomic E-state index is 0. The normalized spacial score (nSPS) is 9.59. The van der Waals surface area contributed by atoms with Crippen LogP contribution >= 0.6 is 24.8 Å². The monoisotopic (exact) mass is 444 g/mol. The lowest BCUT2D eigenvalue weighted by Gasteiger charge is -2.10. The van der Waals surface area contributed by atoms with Crippen LogP contribution in [-0.4, -0.2) is 52.4 Å². The van der Waals surface area contributed by atoms with Crippen LogP contribution in [0.4, 0.5) is 0 Å². The van der Waals surface area contributed by atoms with Crippen LogP contribution in [0.5, 0.6) is 11.5 Å². The molecule has 2 rings (SSSR count). The van der Waals surface area contributed by atoms with Crippen molar-refractivity contribution in [2.75, 3.05) is 40.6 Å². The number of halogens is 2. The van der Waals surface area contributed by atoms with Crippen LogP contribution in [-0.2, 0) is 18.9 Å². The Morgan fingerprint density at radius 3 is 1.28 bits per heavy atom. The Kier molecular flexibility index (Phi) is 13.5. The second-order valence-electron chi connectivity index (χ2n) is 5.49. The van der Waals surface area contributed by atoms with E-state index in [1.165, 1.54) is 0 Å². The number of ether oxygens (including phenoxy) is 5. The number of nitrogens with one attached hydrogen (secondary N) is 2. The highest BCUT2D eigenvalue weighted by atomic mass is 35.5. The molecule has 2 N–H and O–H groups in total. The maximum atomic E-state index is 7.87. The molecule has 0 bridgehead atoms. The fourth-order valence-electron chi connectivity index (χ4n) is 2.11. The van der Waals surface area contributed by atoms with E-state index in [2.05, 4.69) is 0 Å². The van der Waals surface area contributed by atoms with Crippen molar-refractivity contribution in [2.45, 2.75) is 0 Å². The number of hydrogen-bond donors (Lipinski definition) is 2.